The van der Waals surface area contributed by atoms with E-state index in [0.29, 0.717) is 49.2 Å². The molecule has 0 atom stereocenters. The Balaban J connectivity index is 1.50. The van der Waals surface area contributed by atoms with Gasteiger partial charge in [0.15, 0.2) is 11.5 Å². The van der Waals surface area contributed by atoms with Crippen LogP contribution in [0.2, 0.25) is 0 Å². The van der Waals surface area contributed by atoms with Crippen molar-refractivity contribution >= 4 is 17.4 Å². The highest BCUT2D eigenvalue weighted by molar-refractivity contribution is 5.98. The number of aliphatic hydroxyl groups excluding tert-OH is 1. The van der Waals surface area contributed by atoms with Gasteiger partial charge < -0.3 is 20.5 Å². The minimum atomic E-state index is -2.85. The fourth-order valence-corrected chi connectivity index (χ4v) is 4.08. The lowest BCUT2D eigenvalue weighted by Crippen LogP contribution is -2.42. The molecular formula is C22H23F2N7O3. The maximum Gasteiger partial charge on any atom is 0.284 e. The topological polar surface area (TPSA) is 112 Å². The number of benzene rings is 1. The quantitative estimate of drug-likeness (QED) is 0.676. The first-order chi connectivity index (χ1) is 16.5. The Hall–Kier alpha value is -3.77. The number of anilines is 1. The zero-order valence-electron chi connectivity index (χ0n) is 18.1. The molecule has 3 aliphatic heterocycles. The summed E-state index contributed by atoms with van der Waals surface area (Å²) in [5, 5.41) is 16.4. The monoisotopic (exact) mass is 471 g/mol. The highest BCUT2D eigenvalue weighted by Gasteiger charge is 2.37. The van der Waals surface area contributed by atoms with Crippen LogP contribution < -0.4 is 10.7 Å². The van der Waals surface area contributed by atoms with E-state index in [1.165, 1.54) is 15.9 Å². The molecule has 1 aromatic heterocycles. The molecule has 0 spiro atoms. The van der Waals surface area contributed by atoms with Crippen LogP contribution in [0.5, 0.6) is 0 Å². The van der Waals surface area contributed by atoms with Crippen molar-refractivity contribution < 1.29 is 23.4 Å². The molecule has 1 amide bonds. The van der Waals surface area contributed by atoms with E-state index in [-0.39, 0.29) is 24.4 Å². The SMILES string of the molecule is NC(=O)C1=C2N=C(N3CCOCC3)C=CN2N(c2cn(-c3ccc(CO)cc3)nc2C(F)F)C1. The lowest BCUT2D eigenvalue weighted by atomic mass is 10.2. The van der Waals surface area contributed by atoms with Gasteiger partial charge in [-0.1, -0.05) is 12.1 Å². The summed E-state index contributed by atoms with van der Waals surface area (Å²) in [6, 6.07) is 6.74. The number of hydrazine groups is 1. The molecule has 0 unspecified atom stereocenters. The van der Waals surface area contributed by atoms with Gasteiger partial charge in [0, 0.05) is 19.3 Å². The minimum absolute atomic E-state index is 0.0240. The maximum absolute atomic E-state index is 14.0. The van der Waals surface area contributed by atoms with Crippen LogP contribution in [-0.4, -0.2) is 69.4 Å². The predicted molar refractivity (Wildman–Crippen MR) is 119 cm³/mol. The number of nitrogens with zero attached hydrogens (tertiary/aromatic N) is 6. The van der Waals surface area contributed by atoms with Crippen molar-refractivity contribution in [3.63, 3.8) is 0 Å². The average Bonchev–Trinajstić information content (AvgIpc) is 3.46. The van der Waals surface area contributed by atoms with Crippen molar-refractivity contribution in [2.24, 2.45) is 10.7 Å². The van der Waals surface area contributed by atoms with Gasteiger partial charge in [0.2, 0.25) is 5.91 Å². The summed E-state index contributed by atoms with van der Waals surface area (Å²) in [5.41, 5.74) is 6.78. The number of morpholine rings is 1. The molecule has 178 valence electrons. The number of ether oxygens (including phenoxy) is 1. The number of halogens is 2. The van der Waals surface area contributed by atoms with Crippen molar-refractivity contribution in [3.8, 4) is 5.69 Å². The number of primary amides is 1. The third-order valence-electron chi connectivity index (χ3n) is 5.86. The maximum atomic E-state index is 14.0. The molecule has 34 heavy (non-hydrogen) atoms. The molecule has 0 saturated carbocycles. The van der Waals surface area contributed by atoms with E-state index in [9.17, 15) is 18.7 Å². The van der Waals surface area contributed by atoms with E-state index in [1.807, 2.05) is 4.90 Å². The van der Waals surface area contributed by atoms with Gasteiger partial charge in [-0.05, 0) is 23.8 Å². The number of aliphatic imine (C=N–C) groups is 1. The highest BCUT2D eigenvalue weighted by Crippen LogP contribution is 2.37. The number of amidine groups is 1. The molecular weight excluding hydrogens is 448 g/mol. The number of hydrogen-bond donors (Lipinski definition) is 2. The van der Waals surface area contributed by atoms with E-state index < -0.39 is 18.0 Å². The van der Waals surface area contributed by atoms with Crippen LogP contribution in [0.4, 0.5) is 14.5 Å². The second-order valence-corrected chi connectivity index (χ2v) is 7.92. The van der Waals surface area contributed by atoms with E-state index in [1.54, 1.807) is 41.6 Å². The molecule has 1 aromatic carbocycles. The Morgan fingerprint density at radius 2 is 1.94 bits per heavy atom. The van der Waals surface area contributed by atoms with Crippen LogP contribution in [0, 0.1) is 0 Å². The van der Waals surface area contributed by atoms with Gasteiger partial charge in [0.05, 0.1) is 43.8 Å². The van der Waals surface area contributed by atoms with Gasteiger partial charge in [-0.2, -0.15) is 5.10 Å². The molecule has 1 saturated heterocycles. The van der Waals surface area contributed by atoms with Crippen molar-refractivity contribution in [1.82, 2.24) is 19.7 Å². The molecule has 4 heterocycles. The Labute approximate surface area is 193 Å². The summed E-state index contributed by atoms with van der Waals surface area (Å²) in [4.78, 5) is 18.9. The fourth-order valence-electron chi connectivity index (χ4n) is 4.08. The second kappa shape index (κ2) is 8.88. The predicted octanol–water partition coefficient (Wildman–Crippen LogP) is 1.29. The summed E-state index contributed by atoms with van der Waals surface area (Å²) < 4.78 is 34.7. The van der Waals surface area contributed by atoms with Gasteiger partial charge in [-0.25, -0.2) is 23.5 Å². The Bertz CT molecular complexity index is 1180. The van der Waals surface area contributed by atoms with Crippen LogP contribution in [0.3, 0.4) is 0 Å². The van der Waals surface area contributed by atoms with Crippen LogP contribution in [-0.2, 0) is 16.1 Å². The Morgan fingerprint density at radius 1 is 1.21 bits per heavy atom. The number of amides is 1. The molecule has 3 aliphatic rings. The summed E-state index contributed by atoms with van der Waals surface area (Å²) in [5.74, 6) is 0.286. The number of hydrogen-bond acceptors (Lipinski definition) is 8. The summed E-state index contributed by atoms with van der Waals surface area (Å²) in [6.45, 7) is 2.30. The average molecular weight is 471 g/mol. The highest BCUT2D eigenvalue weighted by atomic mass is 19.3. The molecule has 3 N–H and O–H groups in total. The number of aromatic nitrogens is 2. The molecule has 0 radical (unpaired) electrons. The summed E-state index contributed by atoms with van der Waals surface area (Å²) >= 11 is 0. The first-order valence-electron chi connectivity index (χ1n) is 10.7. The van der Waals surface area contributed by atoms with Gasteiger partial charge in [-0.3, -0.25) is 9.80 Å². The molecule has 10 nitrogen and oxygen atoms in total. The zero-order chi connectivity index (χ0) is 23.8. The molecule has 0 bridgehead atoms. The standard InChI is InChI=1S/C22H23F2N7O3/c23-20(24)19-17(12-29(27-19)15-3-1-14(13-32)2-4-15)31-11-16(21(25)33)22-26-18(5-6-30(22)31)28-7-9-34-10-8-28/h1-6,12,20,32H,7-11,13H2,(H2,25,33). The fraction of sp³-hybridized carbons (Fsp3) is 0.318. The van der Waals surface area contributed by atoms with Crippen LogP contribution in [0.1, 0.15) is 17.7 Å². The van der Waals surface area contributed by atoms with Crippen LogP contribution in [0.25, 0.3) is 5.69 Å². The molecule has 1 fully saturated rings. The third-order valence-corrected chi connectivity index (χ3v) is 5.86. The van der Waals surface area contributed by atoms with E-state index in [0.717, 1.165) is 0 Å². The lowest BCUT2D eigenvalue weighted by molar-refractivity contribution is -0.114. The second-order valence-electron chi connectivity index (χ2n) is 7.92. The number of nitrogens with two attached hydrogens (primary N) is 1. The molecule has 2 aromatic rings. The van der Waals surface area contributed by atoms with Crippen LogP contribution in [0.15, 0.2) is 59.1 Å². The summed E-state index contributed by atoms with van der Waals surface area (Å²) in [7, 11) is 0. The number of rotatable bonds is 5. The normalized spacial score (nSPS) is 18.1. The number of aliphatic hydroxyl groups is 1. The molecule has 0 aliphatic carbocycles. The largest absolute Gasteiger partial charge is 0.392 e. The molecule has 5 rings (SSSR count). The van der Waals surface area contributed by atoms with Gasteiger partial charge in [0.1, 0.15) is 11.5 Å². The van der Waals surface area contributed by atoms with Crippen LogP contribution >= 0.6 is 0 Å². The van der Waals surface area contributed by atoms with Gasteiger partial charge in [0.25, 0.3) is 6.43 Å². The lowest BCUT2D eigenvalue weighted by Gasteiger charge is -2.34. The van der Waals surface area contributed by atoms with Crippen molar-refractivity contribution in [2.75, 3.05) is 37.9 Å². The van der Waals surface area contributed by atoms with E-state index >= 15 is 0 Å². The molecule has 12 heteroatoms. The third kappa shape index (κ3) is 3.90. The number of fused-ring (bicyclic) bond motifs is 1. The van der Waals surface area contributed by atoms with Gasteiger partial charge in [-0.15, -0.1) is 0 Å². The zero-order valence-corrected chi connectivity index (χ0v) is 18.1. The smallest absolute Gasteiger partial charge is 0.284 e. The Morgan fingerprint density at radius 3 is 2.59 bits per heavy atom. The minimum Gasteiger partial charge on any atom is -0.392 e. The van der Waals surface area contributed by atoms with Gasteiger partial charge >= 0.3 is 0 Å². The Kier molecular flexibility index (Phi) is 5.75. The summed E-state index contributed by atoms with van der Waals surface area (Å²) in [6.07, 6.45) is 2.08. The van der Waals surface area contributed by atoms with E-state index in [2.05, 4.69) is 10.1 Å². The number of carbonyl (C=O) groups is 1. The number of carbonyl (C=O) groups excluding carboxylic acids is 1. The van der Waals surface area contributed by atoms with Crippen molar-refractivity contribution in [2.45, 2.75) is 13.0 Å². The first-order valence-corrected chi connectivity index (χ1v) is 10.7. The first kappa shape index (κ1) is 22.0. The van der Waals surface area contributed by atoms with E-state index in [4.69, 9.17) is 10.5 Å². The number of alkyl halides is 2. The van der Waals surface area contributed by atoms with Crippen molar-refractivity contribution in [1.29, 1.82) is 0 Å². The van der Waals surface area contributed by atoms with Crippen molar-refractivity contribution in [3.05, 3.63) is 65.4 Å².